The van der Waals surface area contributed by atoms with Gasteiger partial charge >= 0.3 is 0 Å². The third-order valence-corrected chi connectivity index (χ3v) is 4.85. The average molecular weight is 363 g/mol. The summed E-state index contributed by atoms with van der Waals surface area (Å²) in [5.74, 6) is 0.748. The highest BCUT2D eigenvalue weighted by Crippen LogP contribution is 2.14. The molecule has 0 atom stereocenters. The van der Waals surface area contributed by atoms with E-state index in [-0.39, 0.29) is 4.90 Å². The zero-order valence-corrected chi connectivity index (χ0v) is 14.5. The van der Waals surface area contributed by atoms with Crippen molar-refractivity contribution < 1.29 is 8.42 Å². The first-order chi connectivity index (χ1) is 9.42. The van der Waals surface area contributed by atoms with Crippen LogP contribution >= 0.6 is 15.9 Å². The molecular weight excluding hydrogens is 340 g/mol. The maximum Gasteiger partial charge on any atom is 0.242 e. The zero-order valence-electron chi connectivity index (χ0n) is 12.1. The second-order valence-electron chi connectivity index (χ2n) is 5.33. The molecule has 1 N–H and O–H groups in total. The van der Waals surface area contributed by atoms with Crippen LogP contribution in [0.1, 0.15) is 46.0 Å². The lowest BCUT2D eigenvalue weighted by Crippen LogP contribution is -2.24. The Balaban J connectivity index is 2.27. The number of unbranched alkanes of at least 4 members (excludes halogenated alkanes) is 3. The highest BCUT2D eigenvalue weighted by Gasteiger charge is 2.13. The lowest BCUT2D eigenvalue weighted by molar-refractivity contribution is 0.517. The van der Waals surface area contributed by atoms with E-state index in [9.17, 15) is 8.42 Å². The molecule has 0 unspecified atom stereocenters. The fourth-order valence-electron chi connectivity index (χ4n) is 1.86. The van der Waals surface area contributed by atoms with E-state index >= 15 is 0 Å². The number of hydrogen-bond acceptors (Lipinski definition) is 3. The second-order valence-corrected chi connectivity index (χ2v) is 8.02. The fourth-order valence-corrected chi connectivity index (χ4v) is 3.44. The summed E-state index contributed by atoms with van der Waals surface area (Å²) < 4.78 is 27.3. The summed E-state index contributed by atoms with van der Waals surface area (Å²) >= 11 is 3.22. The first-order valence-electron chi connectivity index (χ1n) is 7.02. The Kier molecular flexibility index (Phi) is 7.69. The first-order valence-corrected chi connectivity index (χ1v) is 9.29. The van der Waals surface area contributed by atoms with Gasteiger partial charge in [0.15, 0.2) is 0 Å². The van der Waals surface area contributed by atoms with E-state index in [4.69, 9.17) is 0 Å². The molecule has 0 bridgehead atoms. The Labute approximate surface area is 130 Å². The average Bonchev–Trinajstić information content (AvgIpc) is 2.37. The van der Waals surface area contributed by atoms with Gasteiger partial charge in [-0.1, -0.05) is 39.5 Å². The third-order valence-electron chi connectivity index (χ3n) is 2.99. The van der Waals surface area contributed by atoms with Crippen LogP contribution in [0.5, 0.6) is 0 Å². The van der Waals surface area contributed by atoms with E-state index in [2.05, 4.69) is 39.5 Å². The third kappa shape index (κ3) is 6.81. The molecule has 114 valence electrons. The molecule has 0 radical (unpaired) electrons. The summed E-state index contributed by atoms with van der Waals surface area (Å²) in [6.07, 6.45) is 8.49. The van der Waals surface area contributed by atoms with Crippen LogP contribution in [-0.2, 0) is 10.0 Å². The number of sulfonamides is 1. The number of rotatable bonds is 9. The standard InChI is InChI=1S/C14H23BrN2O2S/c1-12(2)7-5-3-4-6-8-17-20(18,19)14-9-13(15)10-16-11-14/h9-12,17H,3-8H2,1-2H3. The van der Waals surface area contributed by atoms with Crippen LogP contribution in [0.25, 0.3) is 0 Å². The molecule has 0 amide bonds. The largest absolute Gasteiger partial charge is 0.262 e. The van der Waals surface area contributed by atoms with Crippen LogP contribution in [0.3, 0.4) is 0 Å². The van der Waals surface area contributed by atoms with E-state index < -0.39 is 10.0 Å². The van der Waals surface area contributed by atoms with Crippen molar-refractivity contribution in [1.29, 1.82) is 0 Å². The van der Waals surface area contributed by atoms with Gasteiger partial charge in [-0.05, 0) is 34.3 Å². The molecule has 0 aliphatic carbocycles. The number of pyridine rings is 1. The Morgan fingerprint density at radius 1 is 1.20 bits per heavy atom. The van der Waals surface area contributed by atoms with Gasteiger partial charge in [0.05, 0.1) is 0 Å². The van der Waals surface area contributed by atoms with Gasteiger partial charge in [0.1, 0.15) is 4.90 Å². The Hall–Kier alpha value is -0.460. The Bertz CT molecular complexity index is 504. The van der Waals surface area contributed by atoms with E-state index in [0.29, 0.717) is 11.0 Å². The van der Waals surface area contributed by atoms with Gasteiger partial charge in [0.25, 0.3) is 0 Å². The maximum absolute atomic E-state index is 12.0. The van der Waals surface area contributed by atoms with Gasteiger partial charge in [-0.3, -0.25) is 4.98 Å². The highest BCUT2D eigenvalue weighted by atomic mass is 79.9. The summed E-state index contributed by atoms with van der Waals surface area (Å²) in [5.41, 5.74) is 0. The van der Waals surface area contributed by atoms with Gasteiger partial charge in [-0.25, -0.2) is 13.1 Å². The molecule has 0 fully saturated rings. The quantitative estimate of drug-likeness (QED) is 0.680. The van der Waals surface area contributed by atoms with Crippen molar-refractivity contribution >= 4 is 26.0 Å². The molecule has 20 heavy (non-hydrogen) atoms. The Morgan fingerprint density at radius 2 is 1.90 bits per heavy atom. The van der Waals surface area contributed by atoms with Crippen molar-refractivity contribution in [1.82, 2.24) is 9.71 Å². The zero-order chi connectivity index (χ0) is 15.0. The molecule has 0 saturated heterocycles. The van der Waals surface area contributed by atoms with Crippen LogP contribution in [-0.4, -0.2) is 19.9 Å². The number of hydrogen-bond donors (Lipinski definition) is 1. The predicted octanol–water partition coefficient (Wildman–Crippen LogP) is 3.73. The van der Waals surface area contributed by atoms with Crippen molar-refractivity contribution in [2.45, 2.75) is 50.8 Å². The SMILES string of the molecule is CC(C)CCCCCCNS(=O)(=O)c1cncc(Br)c1. The second kappa shape index (κ2) is 8.74. The van der Waals surface area contributed by atoms with Crippen LogP contribution in [0.15, 0.2) is 27.8 Å². The minimum atomic E-state index is -3.43. The van der Waals surface area contributed by atoms with Gasteiger partial charge in [0, 0.05) is 23.4 Å². The van der Waals surface area contributed by atoms with E-state index in [1.807, 2.05) is 0 Å². The van der Waals surface area contributed by atoms with Crippen LogP contribution in [0.2, 0.25) is 0 Å². The van der Waals surface area contributed by atoms with Crippen LogP contribution in [0.4, 0.5) is 0 Å². The molecule has 0 saturated carbocycles. The molecule has 6 heteroatoms. The van der Waals surface area contributed by atoms with E-state index in [0.717, 1.165) is 18.8 Å². The van der Waals surface area contributed by atoms with Crippen molar-refractivity contribution in [2.24, 2.45) is 5.92 Å². The fraction of sp³-hybridized carbons (Fsp3) is 0.643. The van der Waals surface area contributed by atoms with Gasteiger partial charge in [-0.2, -0.15) is 0 Å². The van der Waals surface area contributed by atoms with Gasteiger partial charge in [-0.15, -0.1) is 0 Å². The summed E-state index contributed by atoms with van der Waals surface area (Å²) in [6.45, 7) is 4.93. The lowest BCUT2D eigenvalue weighted by atomic mass is 10.0. The van der Waals surface area contributed by atoms with E-state index in [1.54, 1.807) is 12.3 Å². The van der Waals surface area contributed by atoms with Crippen molar-refractivity contribution in [3.05, 3.63) is 22.9 Å². The molecule has 1 rings (SSSR count). The molecule has 1 aromatic rings. The molecule has 0 aliphatic rings. The summed E-state index contributed by atoms with van der Waals surface area (Å²) in [6, 6.07) is 1.55. The highest BCUT2D eigenvalue weighted by molar-refractivity contribution is 9.10. The minimum absolute atomic E-state index is 0.201. The van der Waals surface area contributed by atoms with Crippen LogP contribution < -0.4 is 4.72 Å². The maximum atomic E-state index is 12.0. The molecule has 1 heterocycles. The smallest absolute Gasteiger partial charge is 0.242 e. The molecular formula is C14H23BrN2O2S. The van der Waals surface area contributed by atoms with Gasteiger partial charge in [0.2, 0.25) is 10.0 Å². The Morgan fingerprint density at radius 3 is 2.55 bits per heavy atom. The normalized spacial score (nSPS) is 12.0. The number of aromatic nitrogens is 1. The molecule has 0 aliphatic heterocycles. The van der Waals surface area contributed by atoms with Crippen molar-refractivity contribution in [3.8, 4) is 0 Å². The number of nitrogens with zero attached hydrogens (tertiary/aromatic N) is 1. The van der Waals surface area contributed by atoms with Crippen molar-refractivity contribution in [2.75, 3.05) is 6.54 Å². The molecule has 0 spiro atoms. The number of halogens is 1. The summed E-state index contributed by atoms with van der Waals surface area (Å²) in [7, 11) is -3.43. The topological polar surface area (TPSA) is 59.1 Å². The molecule has 4 nitrogen and oxygen atoms in total. The van der Waals surface area contributed by atoms with E-state index in [1.165, 1.54) is 25.5 Å². The monoisotopic (exact) mass is 362 g/mol. The minimum Gasteiger partial charge on any atom is -0.262 e. The molecule has 1 aromatic heterocycles. The molecule has 0 aromatic carbocycles. The van der Waals surface area contributed by atoms with Crippen LogP contribution in [0, 0.1) is 5.92 Å². The van der Waals surface area contributed by atoms with Gasteiger partial charge < -0.3 is 0 Å². The van der Waals surface area contributed by atoms with Crippen molar-refractivity contribution in [3.63, 3.8) is 0 Å². The lowest BCUT2D eigenvalue weighted by Gasteiger charge is -2.07. The summed E-state index contributed by atoms with van der Waals surface area (Å²) in [4.78, 5) is 4.07. The first kappa shape index (κ1) is 17.6. The number of nitrogens with one attached hydrogen (secondary N) is 1. The predicted molar refractivity (Wildman–Crippen MR) is 85.0 cm³/mol. The summed E-state index contributed by atoms with van der Waals surface area (Å²) in [5, 5.41) is 0.